The van der Waals surface area contributed by atoms with Gasteiger partial charge in [-0.2, -0.15) is 5.26 Å². The summed E-state index contributed by atoms with van der Waals surface area (Å²) >= 11 is 0. The molecule has 1 amide bonds. The summed E-state index contributed by atoms with van der Waals surface area (Å²) in [4.78, 5) is 18.7. The maximum Gasteiger partial charge on any atom is 0.263 e. The van der Waals surface area contributed by atoms with Crippen molar-refractivity contribution in [1.82, 2.24) is 25.3 Å². The Morgan fingerprint density at radius 3 is 2.55 bits per heavy atom. The summed E-state index contributed by atoms with van der Waals surface area (Å²) in [6.07, 6.45) is 1.70. The van der Waals surface area contributed by atoms with E-state index >= 15 is 0 Å². The number of amides is 1. The molecule has 2 aliphatic rings. The molecule has 0 atom stereocenters. The summed E-state index contributed by atoms with van der Waals surface area (Å²) in [5.74, 6) is -0.267. The highest BCUT2D eigenvalue weighted by Crippen LogP contribution is 2.03. The lowest BCUT2D eigenvalue weighted by Gasteiger charge is -2.31. The third-order valence-electron chi connectivity index (χ3n) is 4.14. The molecule has 0 aromatic rings. The summed E-state index contributed by atoms with van der Waals surface area (Å²) in [5, 5.41) is 15.3. The summed E-state index contributed by atoms with van der Waals surface area (Å²) in [5.41, 5.74) is 0.199. The van der Waals surface area contributed by atoms with Crippen LogP contribution in [-0.2, 0) is 4.79 Å². The van der Waals surface area contributed by atoms with Gasteiger partial charge in [0, 0.05) is 71.6 Å². The van der Waals surface area contributed by atoms with Crippen LogP contribution in [0.2, 0.25) is 0 Å². The van der Waals surface area contributed by atoms with Crippen LogP contribution in [0.15, 0.2) is 11.8 Å². The summed E-state index contributed by atoms with van der Waals surface area (Å²) < 4.78 is 0. The van der Waals surface area contributed by atoms with Crippen LogP contribution in [0, 0.1) is 11.3 Å². The van der Waals surface area contributed by atoms with E-state index in [-0.39, 0.29) is 11.5 Å². The second-order valence-corrected chi connectivity index (χ2v) is 5.84. The maximum atomic E-state index is 12.1. The number of hydrogen-bond acceptors (Lipinski definition) is 6. The average molecular weight is 306 g/mol. The summed E-state index contributed by atoms with van der Waals surface area (Å²) in [6.45, 7) is 9.07. The van der Waals surface area contributed by atoms with Crippen molar-refractivity contribution in [2.45, 2.75) is 0 Å². The number of rotatable bonds is 5. The molecule has 0 bridgehead atoms. The van der Waals surface area contributed by atoms with Gasteiger partial charge in [0.05, 0.1) is 0 Å². The number of carbonyl (C=O) groups excluding carboxylic acids is 1. The van der Waals surface area contributed by atoms with Gasteiger partial charge in [-0.3, -0.25) is 9.69 Å². The molecule has 0 spiro atoms. The molecular weight excluding hydrogens is 280 g/mol. The van der Waals surface area contributed by atoms with Crippen molar-refractivity contribution >= 4 is 5.91 Å². The van der Waals surface area contributed by atoms with E-state index in [4.69, 9.17) is 0 Å². The Kier molecular flexibility index (Phi) is 6.65. The molecule has 122 valence electrons. The Morgan fingerprint density at radius 2 is 1.91 bits per heavy atom. The van der Waals surface area contributed by atoms with Crippen LogP contribution >= 0.6 is 0 Å². The van der Waals surface area contributed by atoms with Crippen molar-refractivity contribution in [3.05, 3.63) is 11.8 Å². The molecule has 2 aliphatic heterocycles. The van der Waals surface area contributed by atoms with E-state index in [0.29, 0.717) is 6.54 Å². The lowest BCUT2D eigenvalue weighted by atomic mass is 10.2. The topological polar surface area (TPSA) is 74.6 Å². The van der Waals surface area contributed by atoms with Crippen LogP contribution in [0.5, 0.6) is 0 Å². The van der Waals surface area contributed by atoms with E-state index in [1.807, 2.05) is 6.07 Å². The van der Waals surface area contributed by atoms with Gasteiger partial charge in [0.2, 0.25) is 0 Å². The third kappa shape index (κ3) is 5.30. The van der Waals surface area contributed by atoms with Crippen LogP contribution in [0.3, 0.4) is 0 Å². The van der Waals surface area contributed by atoms with Crippen LogP contribution in [0.4, 0.5) is 0 Å². The number of piperazine rings is 2. The van der Waals surface area contributed by atoms with E-state index in [0.717, 1.165) is 58.9 Å². The molecule has 0 saturated carbocycles. The highest BCUT2D eigenvalue weighted by molar-refractivity contribution is 5.97. The van der Waals surface area contributed by atoms with E-state index in [1.165, 1.54) is 0 Å². The molecule has 0 unspecified atom stereocenters. The van der Waals surface area contributed by atoms with Gasteiger partial charge in [-0.1, -0.05) is 0 Å². The largest absolute Gasteiger partial charge is 0.374 e. The van der Waals surface area contributed by atoms with E-state index in [1.54, 1.807) is 6.20 Å². The van der Waals surface area contributed by atoms with Gasteiger partial charge in [0.15, 0.2) is 0 Å². The minimum Gasteiger partial charge on any atom is -0.374 e. The molecule has 2 N–H and O–H groups in total. The molecule has 2 heterocycles. The highest BCUT2D eigenvalue weighted by atomic mass is 16.1. The first-order valence-electron chi connectivity index (χ1n) is 7.95. The number of hydrogen-bond donors (Lipinski definition) is 2. The van der Waals surface area contributed by atoms with Gasteiger partial charge in [-0.05, 0) is 7.05 Å². The average Bonchev–Trinajstić information content (AvgIpc) is 2.55. The zero-order chi connectivity index (χ0) is 15.8. The number of nitrogens with zero attached hydrogens (tertiary/aromatic N) is 4. The molecular formula is C15H26N6O. The normalized spacial score (nSPS) is 21.5. The first-order chi connectivity index (χ1) is 10.7. The molecule has 2 rings (SSSR count). The Hall–Kier alpha value is -1.62. The molecule has 0 radical (unpaired) electrons. The number of nitriles is 1. The number of carbonyl (C=O) groups is 1. The van der Waals surface area contributed by atoms with Crippen LogP contribution < -0.4 is 10.6 Å². The maximum absolute atomic E-state index is 12.1. The van der Waals surface area contributed by atoms with E-state index in [9.17, 15) is 10.1 Å². The van der Waals surface area contributed by atoms with Crippen molar-refractivity contribution < 1.29 is 4.79 Å². The van der Waals surface area contributed by atoms with E-state index in [2.05, 4.69) is 32.4 Å². The zero-order valence-corrected chi connectivity index (χ0v) is 13.3. The second-order valence-electron chi connectivity index (χ2n) is 5.84. The second kappa shape index (κ2) is 8.73. The van der Waals surface area contributed by atoms with Crippen molar-refractivity contribution in [3.8, 4) is 6.07 Å². The van der Waals surface area contributed by atoms with Crippen LogP contribution in [0.1, 0.15) is 0 Å². The highest BCUT2D eigenvalue weighted by Gasteiger charge is 2.15. The SMILES string of the molecule is CN1CCN(/C=C(/C#N)C(=O)NCCN2CCNCC2)CC1. The summed E-state index contributed by atoms with van der Waals surface area (Å²) in [6, 6.07) is 2.02. The quantitative estimate of drug-likeness (QED) is 0.484. The van der Waals surface area contributed by atoms with Gasteiger partial charge in [0.25, 0.3) is 5.91 Å². The van der Waals surface area contributed by atoms with Crippen molar-refractivity contribution in [3.63, 3.8) is 0 Å². The summed E-state index contributed by atoms with van der Waals surface area (Å²) in [7, 11) is 2.08. The Balaban J connectivity index is 1.75. The number of likely N-dealkylation sites (N-methyl/N-ethyl adjacent to an activating group) is 1. The predicted molar refractivity (Wildman–Crippen MR) is 85.1 cm³/mol. The Labute approximate surface area is 132 Å². The first kappa shape index (κ1) is 16.7. The van der Waals surface area contributed by atoms with Gasteiger partial charge in [-0.15, -0.1) is 0 Å². The molecule has 0 aromatic carbocycles. The predicted octanol–water partition coefficient (Wildman–Crippen LogP) is -1.34. The fourth-order valence-corrected chi connectivity index (χ4v) is 2.63. The minimum absolute atomic E-state index is 0.199. The van der Waals surface area contributed by atoms with Crippen molar-refractivity contribution in [1.29, 1.82) is 5.26 Å². The van der Waals surface area contributed by atoms with Crippen LogP contribution in [0.25, 0.3) is 0 Å². The Bertz CT molecular complexity index is 430. The third-order valence-corrected chi connectivity index (χ3v) is 4.14. The molecule has 7 nitrogen and oxygen atoms in total. The number of nitrogens with one attached hydrogen (secondary N) is 2. The minimum atomic E-state index is -0.267. The molecule has 22 heavy (non-hydrogen) atoms. The molecule has 0 aromatic heterocycles. The van der Waals surface area contributed by atoms with Crippen molar-refractivity contribution in [2.75, 3.05) is 72.5 Å². The van der Waals surface area contributed by atoms with Gasteiger partial charge in [0.1, 0.15) is 11.6 Å². The zero-order valence-electron chi connectivity index (χ0n) is 13.3. The molecule has 7 heteroatoms. The van der Waals surface area contributed by atoms with Gasteiger partial charge < -0.3 is 20.4 Å². The fourth-order valence-electron chi connectivity index (χ4n) is 2.63. The van der Waals surface area contributed by atoms with Gasteiger partial charge in [-0.25, -0.2) is 0 Å². The van der Waals surface area contributed by atoms with Crippen LogP contribution in [-0.4, -0.2) is 93.1 Å². The Morgan fingerprint density at radius 1 is 1.23 bits per heavy atom. The molecule has 2 saturated heterocycles. The van der Waals surface area contributed by atoms with Gasteiger partial charge >= 0.3 is 0 Å². The van der Waals surface area contributed by atoms with Crippen molar-refractivity contribution in [2.24, 2.45) is 0 Å². The molecule has 2 fully saturated rings. The standard InChI is InChI=1S/C15H26N6O/c1-19-8-10-21(11-9-19)13-14(12-16)15(22)18-4-7-20-5-2-17-3-6-20/h13,17H,2-11H2,1H3,(H,18,22)/b14-13-. The lowest BCUT2D eigenvalue weighted by Crippen LogP contribution is -2.46. The smallest absolute Gasteiger partial charge is 0.263 e. The molecule has 0 aliphatic carbocycles. The monoisotopic (exact) mass is 306 g/mol. The fraction of sp³-hybridized carbons (Fsp3) is 0.733. The van der Waals surface area contributed by atoms with E-state index < -0.39 is 0 Å². The lowest BCUT2D eigenvalue weighted by molar-refractivity contribution is -0.117. The first-order valence-corrected chi connectivity index (χ1v) is 7.95.